The second kappa shape index (κ2) is 3.98. The van der Waals surface area contributed by atoms with Crippen LogP contribution < -0.4 is 0 Å². The first kappa shape index (κ1) is 11.7. The Morgan fingerprint density at radius 2 is 2.36 bits per heavy atom. The van der Waals surface area contributed by atoms with Crippen LogP contribution >= 0.6 is 11.6 Å². The highest BCUT2D eigenvalue weighted by molar-refractivity contribution is 6.30. The van der Waals surface area contributed by atoms with Crippen LogP contribution in [0.25, 0.3) is 0 Å². The van der Waals surface area contributed by atoms with Crippen LogP contribution in [0.4, 0.5) is 8.78 Å². The number of hydrogen-bond donors (Lipinski definition) is 1. The molecule has 0 aliphatic carbocycles. The summed E-state index contributed by atoms with van der Waals surface area (Å²) in [4.78, 5) is 12.3. The van der Waals surface area contributed by atoms with Gasteiger partial charge in [0, 0.05) is 6.42 Å². The molecule has 1 rings (SSSR count). The summed E-state index contributed by atoms with van der Waals surface area (Å²) in [5, 5.41) is 7.99. The van der Waals surface area contributed by atoms with E-state index in [1.165, 1.54) is 6.92 Å². The van der Waals surface area contributed by atoms with Crippen LogP contribution in [0.15, 0.2) is 0 Å². The van der Waals surface area contributed by atoms with Crippen molar-refractivity contribution in [2.24, 2.45) is 0 Å². The highest BCUT2D eigenvalue weighted by Crippen LogP contribution is 2.32. The summed E-state index contributed by atoms with van der Waals surface area (Å²) in [5.74, 6) is -3.46. The first-order chi connectivity index (χ1) is 6.37. The summed E-state index contributed by atoms with van der Waals surface area (Å²) in [5.41, 5.74) is 0. The third-order valence-corrected chi connectivity index (χ3v) is 2.40. The third-order valence-electron chi connectivity index (χ3n) is 2.21. The van der Waals surface area contributed by atoms with Gasteiger partial charge in [0.25, 0.3) is 5.92 Å². The summed E-state index contributed by atoms with van der Waals surface area (Å²) < 4.78 is 25.8. The van der Waals surface area contributed by atoms with E-state index in [1.807, 2.05) is 0 Å². The van der Waals surface area contributed by atoms with Crippen molar-refractivity contribution in [1.82, 2.24) is 4.90 Å². The molecule has 6 heteroatoms. The van der Waals surface area contributed by atoms with Crippen LogP contribution in [0.5, 0.6) is 0 Å². The van der Waals surface area contributed by atoms with Crippen LogP contribution in [0.2, 0.25) is 0 Å². The summed E-state index contributed by atoms with van der Waals surface area (Å²) >= 11 is 5.51. The molecule has 1 aliphatic heterocycles. The highest BCUT2D eigenvalue weighted by Gasteiger charge is 2.47. The minimum Gasteiger partial charge on any atom is -0.394 e. The van der Waals surface area contributed by atoms with E-state index in [4.69, 9.17) is 16.7 Å². The fraction of sp³-hybridized carbons (Fsp3) is 0.875. The van der Waals surface area contributed by atoms with Crippen molar-refractivity contribution in [3.05, 3.63) is 0 Å². The summed E-state index contributed by atoms with van der Waals surface area (Å²) in [6.07, 6.45) is -0.487. The average Bonchev–Trinajstić information content (AvgIpc) is 2.39. The van der Waals surface area contributed by atoms with Gasteiger partial charge in [0.1, 0.15) is 5.38 Å². The molecule has 1 saturated heterocycles. The average molecular weight is 228 g/mol. The summed E-state index contributed by atoms with van der Waals surface area (Å²) in [6, 6.07) is -0.807. The Hall–Kier alpha value is -0.420. The zero-order valence-corrected chi connectivity index (χ0v) is 8.47. The van der Waals surface area contributed by atoms with Crippen molar-refractivity contribution in [2.45, 2.75) is 30.7 Å². The molecule has 1 fully saturated rings. The van der Waals surface area contributed by atoms with E-state index >= 15 is 0 Å². The van der Waals surface area contributed by atoms with E-state index in [0.717, 1.165) is 4.90 Å². The topological polar surface area (TPSA) is 40.5 Å². The van der Waals surface area contributed by atoms with Crippen molar-refractivity contribution in [1.29, 1.82) is 0 Å². The normalized spacial score (nSPS) is 27.8. The van der Waals surface area contributed by atoms with Crippen molar-refractivity contribution in [3.8, 4) is 0 Å². The molecular weight excluding hydrogens is 216 g/mol. The van der Waals surface area contributed by atoms with Gasteiger partial charge in [0.15, 0.2) is 0 Å². The van der Waals surface area contributed by atoms with E-state index < -0.39 is 42.8 Å². The standard InChI is InChI=1S/C8H12ClF2NO2/c1-5(9)7(14)12-4-8(10,11)2-6(12)3-13/h5-6,13H,2-4H2,1H3. The van der Waals surface area contributed by atoms with Crippen LogP contribution in [-0.2, 0) is 4.79 Å². The predicted octanol–water partition coefficient (Wildman–Crippen LogP) is 0.842. The van der Waals surface area contributed by atoms with Gasteiger partial charge in [0.05, 0.1) is 19.2 Å². The number of rotatable bonds is 2. The SMILES string of the molecule is CC(Cl)C(=O)N1CC(F)(F)CC1CO. The van der Waals surface area contributed by atoms with Crippen LogP contribution in [0.1, 0.15) is 13.3 Å². The second-order valence-electron chi connectivity index (χ2n) is 3.48. The van der Waals surface area contributed by atoms with E-state index in [1.54, 1.807) is 0 Å². The Labute approximate surface area is 85.6 Å². The molecule has 0 spiro atoms. The van der Waals surface area contributed by atoms with Crippen LogP contribution in [0, 0.1) is 0 Å². The number of carbonyl (C=O) groups excluding carboxylic acids is 1. The van der Waals surface area contributed by atoms with E-state index in [-0.39, 0.29) is 0 Å². The van der Waals surface area contributed by atoms with E-state index in [2.05, 4.69) is 0 Å². The molecule has 0 saturated carbocycles. The second-order valence-corrected chi connectivity index (χ2v) is 4.13. The van der Waals surface area contributed by atoms with E-state index in [0.29, 0.717) is 0 Å². The van der Waals surface area contributed by atoms with Crippen LogP contribution in [0.3, 0.4) is 0 Å². The van der Waals surface area contributed by atoms with E-state index in [9.17, 15) is 13.6 Å². The van der Waals surface area contributed by atoms with Crippen molar-refractivity contribution < 1.29 is 18.7 Å². The molecule has 0 aromatic heterocycles. The number of nitrogens with zero attached hydrogens (tertiary/aromatic N) is 1. The van der Waals surface area contributed by atoms with Crippen molar-refractivity contribution in [3.63, 3.8) is 0 Å². The van der Waals surface area contributed by atoms with Gasteiger partial charge in [-0.1, -0.05) is 0 Å². The fourth-order valence-corrected chi connectivity index (χ4v) is 1.67. The number of carbonyl (C=O) groups is 1. The van der Waals surface area contributed by atoms with Gasteiger partial charge < -0.3 is 10.0 Å². The van der Waals surface area contributed by atoms with Gasteiger partial charge in [-0.3, -0.25) is 4.79 Å². The molecule has 2 atom stereocenters. The largest absolute Gasteiger partial charge is 0.394 e. The zero-order chi connectivity index (χ0) is 10.9. The Balaban J connectivity index is 2.73. The fourth-order valence-electron chi connectivity index (χ4n) is 1.55. The molecule has 0 bridgehead atoms. The minimum absolute atomic E-state index is 0.453. The summed E-state index contributed by atoms with van der Waals surface area (Å²) in [6.45, 7) is 0.327. The van der Waals surface area contributed by atoms with Crippen molar-refractivity contribution in [2.75, 3.05) is 13.2 Å². The Morgan fingerprint density at radius 1 is 1.79 bits per heavy atom. The van der Waals surface area contributed by atoms with Gasteiger partial charge in [-0.15, -0.1) is 11.6 Å². The maximum Gasteiger partial charge on any atom is 0.267 e. The molecule has 0 aromatic carbocycles. The number of hydrogen-bond acceptors (Lipinski definition) is 2. The molecular formula is C8H12ClF2NO2. The molecule has 1 amide bonds. The lowest BCUT2D eigenvalue weighted by Gasteiger charge is -2.23. The Morgan fingerprint density at radius 3 is 2.79 bits per heavy atom. The number of alkyl halides is 3. The molecule has 2 unspecified atom stereocenters. The molecule has 0 radical (unpaired) electrons. The number of aliphatic hydroxyl groups is 1. The first-order valence-electron chi connectivity index (χ1n) is 4.30. The summed E-state index contributed by atoms with van der Waals surface area (Å²) in [7, 11) is 0. The van der Waals surface area contributed by atoms with Gasteiger partial charge >= 0.3 is 0 Å². The lowest BCUT2D eigenvalue weighted by atomic mass is 10.2. The molecule has 3 nitrogen and oxygen atoms in total. The number of likely N-dealkylation sites (tertiary alicyclic amines) is 1. The quantitative estimate of drug-likeness (QED) is 0.711. The highest BCUT2D eigenvalue weighted by atomic mass is 35.5. The van der Waals surface area contributed by atoms with Crippen LogP contribution in [-0.4, -0.2) is 46.4 Å². The van der Waals surface area contributed by atoms with Gasteiger partial charge in [-0.2, -0.15) is 0 Å². The van der Waals surface area contributed by atoms with Gasteiger partial charge in [-0.05, 0) is 6.92 Å². The maximum atomic E-state index is 12.9. The zero-order valence-electron chi connectivity index (χ0n) is 7.71. The predicted molar refractivity (Wildman–Crippen MR) is 47.5 cm³/mol. The number of halogens is 3. The van der Waals surface area contributed by atoms with Gasteiger partial charge in [-0.25, -0.2) is 8.78 Å². The maximum absolute atomic E-state index is 12.9. The van der Waals surface area contributed by atoms with Gasteiger partial charge in [0.2, 0.25) is 5.91 Å². The molecule has 82 valence electrons. The number of aliphatic hydroxyl groups excluding tert-OH is 1. The lowest BCUT2D eigenvalue weighted by Crippen LogP contribution is -2.41. The Bertz CT molecular complexity index is 235. The number of amides is 1. The lowest BCUT2D eigenvalue weighted by molar-refractivity contribution is -0.133. The molecule has 0 aromatic rings. The van der Waals surface area contributed by atoms with Crippen molar-refractivity contribution >= 4 is 17.5 Å². The molecule has 14 heavy (non-hydrogen) atoms. The molecule has 1 heterocycles. The minimum atomic E-state index is -2.91. The smallest absolute Gasteiger partial charge is 0.267 e. The Kier molecular flexibility index (Phi) is 3.32. The third kappa shape index (κ3) is 2.33. The first-order valence-corrected chi connectivity index (χ1v) is 4.74. The monoisotopic (exact) mass is 227 g/mol. The molecule has 1 aliphatic rings. The molecule has 1 N–H and O–H groups in total.